The van der Waals surface area contributed by atoms with E-state index in [-0.39, 0.29) is 27.5 Å². The number of methoxy groups -OCH3 is 1. The molecule has 0 amide bonds. The van der Waals surface area contributed by atoms with Crippen molar-refractivity contribution in [2.75, 3.05) is 42.9 Å². The molecule has 0 atom stereocenters. The normalized spacial score (nSPS) is 14.5. The molecule has 1 aliphatic rings. The molecule has 43 heavy (non-hydrogen) atoms. The van der Waals surface area contributed by atoms with Crippen LogP contribution in [0.1, 0.15) is 20.8 Å². The minimum atomic E-state index is -4.23. The fourth-order valence-electron chi connectivity index (χ4n) is 4.43. The molecule has 226 valence electrons. The van der Waals surface area contributed by atoms with Crippen molar-refractivity contribution in [1.29, 1.82) is 0 Å². The van der Waals surface area contributed by atoms with Crippen molar-refractivity contribution < 1.29 is 27.2 Å². The van der Waals surface area contributed by atoms with Gasteiger partial charge in [-0.25, -0.2) is 32.6 Å². The van der Waals surface area contributed by atoms with E-state index in [0.717, 1.165) is 17.5 Å². The molecule has 1 fully saturated rings. The largest absolute Gasteiger partial charge is 0.480 e. The van der Waals surface area contributed by atoms with Crippen molar-refractivity contribution in [2.45, 2.75) is 25.7 Å². The van der Waals surface area contributed by atoms with Crippen molar-refractivity contribution in [2.24, 2.45) is 5.41 Å². The monoisotopic (exact) mass is 628 g/mol. The first kappa shape index (κ1) is 30.4. The summed E-state index contributed by atoms with van der Waals surface area (Å²) < 4.78 is 47.9. The van der Waals surface area contributed by atoms with Crippen LogP contribution in [0, 0.1) is 11.2 Å². The lowest BCUT2D eigenvalue weighted by molar-refractivity contribution is -0.201. The van der Waals surface area contributed by atoms with Crippen LogP contribution >= 0.6 is 11.6 Å². The molecule has 0 saturated carbocycles. The number of rotatable bonds is 7. The Morgan fingerprint density at radius 1 is 1.00 bits per heavy atom. The van der Waals surface area contributed by atoms with Gasteiger partial charge in [-0.05, 0) is 62.7 Å². The van der Waals surface area contributed by atoms with Crippen LogP contribution in [0.2, 0.25) is 5.02 Å². The number of piperazine rings is 1. The molecule has 4 aromatic rings. The molecule has 0 spiro atoms. The van der Waals surface area contributed by atoms with Crippen LogP contribution in [0.15, 0.2) is 59.9 Å². The number of nitrogens with zero attached hydrogens (tertiary/aromatic N) is 5. The zero-order valence-electron chi connectivity index (χ0n) is 24.0. The Morgan fingerprint density at radius 3 is 2.42 bits per heavy atom. The number of hydrogen-bond acceptors (Lipinski definition) is 10. The molecule has 2 aromatic carbocycles. The molecule has 0 aliphatic carbocycles. The van der Waals surface area contributed by atoms with Gasteiger partial charge in [0.2, 0.25) is 5.88 Å². The lowest BCUT2D eigenvalue weighted by Crippen LogP contribution is -2.48. The lowest BCUT2D eigenvalue weighted by Gasteiger charge is -2.35. The zero-order valence-corrected chi connectivity index (χ0v) is 25.5. The predicted molar refractivity (Wildman–Crippen MR) is 161 cm³/mol. The summed E-state index contributed by atoms with van der Waals surface area (Å²) in [6, 6.07) is 10.3. The summed E-state index contributed by atoms with van der Waals surface area (Å²) in [6.45, 7) is 7.57. The molecule has 11 nitrogen and oxygen atoms in total. The van der Waals surface area contributed by atoms with E-state index in [9.17, 15) is 17.6 Å². The van der Waals surface area contributed by atoms with Gasteiger partial charge in [0.1, 0.15) is 22.9 Å². The number of ether oxygens (including phenoxy) is 1. The van der Waals surface area contributed by atoms with Gasteiger partial charge < -0.3 is 14.5 Å². The number of carbonyl (C=O) groups excluding carboxylic acids is 1. The molecule has 5 rings (SSSR count). The minimum absolute atomic E-state index is 0.0105. The third-order valence-electron chi connectivity index (χ3n) is 6.79. The Balaban J connectivity index is 1.44. The van der Waals surface area contributed by atoms with Crippen LogP contribution in [0.3, 0.4) is 0 Å². The van der Waals surface area contributed by atoms with Gasteiger partial charge in [-0.1, -0.05) is 17.7 Å². The first-order valence-corrected chi connectivity index (χ1v) is 15.2. The highest BCUT2D eigenvalue weighted by Gasteiger charge is 2.29. The average molecular weight is 629 g/mol. The molecule has 0 unspecified atom stereocenters. The van der Waals surface area contributed by atoms with E-state index >= 15 is 0 Å². The van der Waals surface area contributed by atoms with Crippen molar-refractivity contribution in [1.82, 2.24) is 20.0 Å². The second kappa shape index (κ2) is 11.9. The maximum atomic E-state index is 13.5. The van der Waals surface area contributed by atoms with Crippen molar-refractivity contribution in [3.63, 3.8) is 0 Å². The molecular formula is C29H30ClFN6O5S. The summed E-state index contributed by atoms with van der Waals surface area (Å²) in [4.78, 5) is 32.9. The first-order chi connectivity index (χ1) is 20.4. The molecule has 0 bridgehead atoms. The molecular weight excluding hydrogens is 599 g/mol. The highest BCUT2D eigenvalue weighted by Crippen LogP contribution is 2.34. The van der Waals surface area contributed by atoms with Gasteiger partial charge in [-0.15, -0.1) is 5.06 Å². The number of anilines is 2. The van der Waals surface area contributed by atoms with Crippen LogP contribution in [-0.4, -0.2) is 67.7 Å². The van der Waals surface area contributed by atoms with Crippen LogP contribution in [0.5, 0.6) is 5.88 Å². The fourth-order valence-corrected chi connectivity index (χ4v) is 5.92. The van der Waals surface area contributed by atoms with Crippen LogP contribution < -0.4 is 14.4 Å². The SMILES string of the molecule is COc1ncc(-c2ccc3ncnc(N4CCN(OC(=O)C(C)(C)C)CC4)c3c2)cc1S(=O)(=O)Nc1ccc(F)cc1Cl. The number of aromatic nitrogens is 3. The van der Waals surface area contributed by atoms with E-state index in [1.54, 1.807) is 5.06 Å². The third kappa shape index (κ3) is 6.63. The Kier molecular flexibility index (Phi) is 8.41. The Bertz CT molecular complexity index is 1790. The minimum Gasteiger partial charge on any atom is -0.480 e. The zero-order chi connectivity index (χ0) is 30.9. The maximum Gasteiger partial charge on any atom is 0.330 e. The predicted octanol–water partition coefficient (Wildman–Crippen LogP) is 4.92. The number of halogens is 2. The van der Waals surface area contributed by atoms with Gasteiger partial charge in [0.15, 0.2) is 0 Å². The highest BCUT2D eigenvalue weighted by atomic mass is 35.5. The topological polar surface area (TPSA) is 127 Å². The number of benzene rings is 2. The van der Waals surface area contributed by atoms with Gasteiger partial charge in [0.05, 0.1) is 41.8 Å². The van der Waals surface area contributed by atoms with Gasteiger partial charge in [-0.3, -0.25) is 4.72 Å². The van der Waals surface area contributed by atoms with Crippen LogP contribution in [-0.2, 0) is 19.7 Å². The Morgan fingerprint density at radius 2 is 1.74 bits per heavy atom. The summed E-state index contributed by atoms with van der Waals surface area (Å²) in [5.74, 6) is -0.303. The summed E-state index contributed by atoms with van der Waals surface area (Å²) >= 11 is 6.05. The maximum absolute atomic E-state index is 13.5. The highest BCUT2D eigenvalue weighted by molar-refractivity contribution is 7.92. The summed E-state index contributed by atoms with van der Waals surface area (Å²) in [7, 11) is -2.92. The standard InChI is InChI=1S/C29H30ClFN6O5S/c1-29(2,3)28(38)42-37-11-9-36(10-12-37)26-21-13-18(5-7-23(21)33-17-34-26)19-14-25(27(41-4)32-16-19)43(39,40)35-24-8-6-20(31)15-22(24)30/h5-8,13-17,35H,9-12H2,1-4H3. The van der Waals surface area contributed by atoms with E-state index in [4.69, 9.17) is 21.2 Å². The lowest BCUT2D eigenvalue weighted by atomic mass is 9.98. The number of nitrogens with one attached hydrogen (secondary N) is 1. The number of fused-ring (bicyclic) bond motifs is 1. The fraction of sp³-hybridized carbons (Fsp3) is 0.310. The molecule has 1 saturated heterocycles. The molecule has 3 heterocycles. The van der Waals surface area contributed by atoms with Crippen molar-refractivity contribution >= 4 is 50.0 Å². The Hall–Kier alpha value is -4.07. The van der Waals surface area contributed by atoms with Crippen LogP contribution in [0.4, 0.5) is 15.9 Å². The third-order valence-corrected chi connectivity index (χ3v) is 8.46. The molecule has 1 N–H and O–H groups in total. The van der Waals surface area contributed by atoms with E-state index in [0.29, 0.717) is 48.6 Å². The first-order valence-electron chi connectivity index (χ1n) is 13.3. The van der Waals surface area contributed by atoms with Gasteiger partial charge in [0.25, 0.3) is 10.0 Å². The van der Waals surface area contributed by atoms with Gasteiger partial charge >= 0.3 is 5.97 Å². The number of hydroxylamine groups is 2. The average Bonchev–Trinajstić information content (AvgIpc) is 2.97. The number of carbonyl (C=O) groups is 1. The van der Waals surface area contributed by atoms with E-state index in [2.05, 4.69) is 24.6 Å². The summed E-state index contributed by atoms with van der Waals surface area (Å²) in [5, 5.41) is 2.33. The second-order valence-corrected chi connectivity index (χ2v) is 13.0. The number of hydrogen-bond donors (Lipinski definition) is 1. The van der Waals surface area contributed by atoms with E-state index in [1.807, 2.05) is 39.0 Å². The van der Waals surface area contributed by atoms with Crippen LogP contribution in [0.25, 0.3) is 22.0 Å². The molecule has 0 radical (unpaired) electrons. The van der Waals surface area contributed by atoms with Crippen molar-refractivity contribution in [3.05, 3.63) is 65.8 Å². The molecule has 2 aromatic heterocycles. The molecule has 14 heteroatoms. The smallest absolute Gasteiger partial charge is 0.330 e. The van der Waals surface area contributed by atoms with Gasteiger partial charge in [-0.2, -0.15) is 0 Å². The summed E-state index contributed by atoms with van der Waals surface area (Å²) in [6.07, 6.45) is 3.00. The Labute approximate surface area is 253 Å². The quantitative estimate of drug-likeness (QED) is 0.301. The molecule has 1 aliphatic heterocycles. The van der Waals surface area contributed by atoms with Gasteiger partial charge in [0, 0.05) is 30.2 Å². The summed E-state index contributed by atoms with van der Waals surface area (Å²) in [5.41, 5.74) is 1.29. The number of sulfonamides is 1. The van der Waals surface area contributed by atoms with Crippen molar-refractivity contribution in [3.8, 4) is 17.0 Å². The van der Waals surface area contributed by atoms with E-state index < -0.39 is 21.3 Å². The number of pyridine rings is 1. The van der Waals surface area contributed by atoms with E-state index in [1.165, 1.54) is 31.8 Å². The second-order valence-electron chi connectivity index (χ2n) is 10.9.